The van der Waals surface area contributed by atoms with Crippen LogP contribution in [-0.2, 0) is 4.79 Å². The molecule has 2 rings (SSSR count). The molecule has 2 atom stereocenters. The molecule has 15 heavy (non-hydrogen) atoms. The first kappa shape index (κ1) is 10.8. The topological polar surface area (TPSA) is 33.2 Å². The third kappa shape index (κ3) is 2.26. The molecule has 1 aromatic rings. The third-order valence-corrected chi connectivity index (χ3v) is 4.01. The largest absolute Gasteiger partial charge is 0.299 e. The van der Waals surface area contributed by atoms with Crippen molar-refractivity contribution in [3.05, 3.63) is 16.6 Å². The lowest BCUT2D eigenvalue weighted by Gasteiger charge is -2.33. The number of likely N-dealkylation sites (tertiary alicyclic amines) is 1. The highest BCUT2D eigenvalue weighted by Crippen LogP contribution is 2.26. The molecule has 82 valence electrons. The van der Waals surface area contributed by atoms with Crippen LogP contribution >= 0.6 is 11.3 Å². The molecule has 0 N–H and O–H groups in total. The average molecular weight is 224 g/mol. The van der Waals surface area contributed by atoms with Gasteiger partial charge in [-0.15, -0.1) is 11.3 Å². The minimum atomic E-state index is 0.182. The zero-order valence-electron chi connectivity index (χ0n) is 9.14. The minimum absolute atomic E-state index is 0.182. The molecule has 0 amide bonds. The summed E-state index contributed by atoms with van der Waals surface area (Å²) in [6.45, 7) is 5.94. The Morgan fingerprint density at radius 1 is 1.67 bits per heavy atom. The van der Waals surface area contributed by atoms with E-state index >= 15 is 0 Å². The maximum absolute atomic E-state index is 11.4. The number of ketones is 1. The minimum Gasteiger partial charge on any atom is -0.299 e. The molecular formula is C11H16N2OS. The van der Waals surface area contributed by atoms with E-state index in [4.69, 9.17) is 0 Å². The normalized spacial score (nSPS) is 25.5. The highest BCUT2D eigenvalue weighted by atomic mass is 32.1. The van der Waals surface area contributed by atoms with Gasteiger partial charge in [0, 0.05) is 37.0 Å². The number of hydrogen-bond donors (Lipinski definition) is 0. The molecule has 1 aliphatic heterocycles. The smallest absolute Gasteiger partial charge is 0.138 e. The van der Waals surface area contributed by atoms with Gasteiger partial charge < -0.3 is 0 Å². The average Bonchev–Trinajstić information content (AvgIpc) is 2.74. The van der Waals surface area contributed by atoms with E-state index in [9.17, 15) is 4.79 Å². The number of carbonyl (C=O) groups excluding carboxylic acids is 1. The molecule has 0 bridgehead atoms. The zero-order valence-corrected chi connectivity index (χ0v) is 9.96. The summed E-state index contributed by atoms with van der Waals surface area (Å²) in [5.41, 5.74) is 0. The van der Waals surface area contributed by atoms with Gasteiger partial charge in [0.2, 0.25) is 0 Å². The fourth-order valence-electron chi connectivity index (χ4n) is 1.99. The van der Waals surface area contributed by atoms with Crippen LogP contribution in [0.3, 0.4) is 0 Å². The van der Waals surface area contributed by atoms with Crippen molar-refractivity contribution in [3.63, 3.8) is 0 Å². The van der Waals surface area contributed by atoms with Crippen LogP contribution in [0.15, 0.2) is 11.6 Å². The van der Waals surface area contributed by atoms with Crippen molar-refractivity contribution in [2.75, 3.05) is 13.1 Å². The number of rotatable bonds is 2. The molecular weight excluding hydrogens is 208 g/mol. The van der Waals surface area contributed by atoms with E-state index in [0.717, 1.165) is 18.1 Å². The Hall–Kier alpha value is -0.740. The molecule has 3 nitrogen and oxygen atoms in total. The number of nitrogens with zero attached hydrogens (tertiary/aromatic N) is 2. The van der Waals surface area contributed by atoms with Crippen molar-refractivity contribution in [2.45, 2.75) is 26.3 Å². The fourth-order valence-corrected chi connectivity index (χ4v) is 2.72. The van der Waals surface area contributed by atoms with E-state index in [1.807, 2.05) is 18.5 Å². The molecule has 4 heteroatoms. The number of Topliss-reactive ketones (excluding diaryl/α,β-unsaturated/α-hetero) is 1. The second-order valence-corrected chi connectivity index (χ2v) is 5.08. The van der Waals surface area contributed by atoms with Gasteiger partial charge >= 0.3 is 0 Å². The van der Waals surface area contributed by atoms with Crippen LogP contribution < -0.4 is 0 Å². The second-order valence-electron chi connectivity index (χ2n) is 4.16. The van der Waals surface area contributed by atoms with Gasteiger partial charge in [-0.3, -0.25) is 9.69 Å². The first-order valence-electron chi connectivity index (χ1n) is 5.34. The molecule has 0 spiro atoms. The van der Waals surface area contributed by atoms with Crippen molar-refractivity contribution in [1.29, 1.82) is 0 Å². The lowest BCUT2D eigenvalue weighted by atomic mass is 9.97. The molecule has 0 aromatic carbocycles. The van der Waals surface area contributed by atoms with Crippen LogP contribution in [0.25, 0.3) is 0 Å². The van der Waals surface area contributed by atoms with Crippen molar-refractivity contribution < 1.29 is 4.79 Å². The molecule has 1 aromatic heterocycles. The first-order valence-corrected chi connectivity index (χ1v) is 6.22. The number of piperidine rings is 1. The van der Waals surface area contributed by atoms with Gasteiger partial charge in [-0.05, 0) is 6.92 Å². The monoisotopic (exact) mass is 224 g/mol. The van der Waals surface area contributed by atoms with E-state index < -0.39 is 0 Å². The fraction of sp³-hybridized carbons (Fsp3) is 0.636. The molecule has 1 saturated heterocycles. The summed E-state index contributed by atoms with van der Waals surface area (Å²) in [5, 5.41) is 3.15. The van der Waals surface area contributed by atoms with E-state index in [0.29, 0.717) is 18.2 Å². The summed E-state index contributed by atoms with van der Waals surface area (Å²) >= 11 is 1.69. The summed E-state index contributed by atoms with van der Waals surface area (Å²) in [5.74, 6) is 0.582. The predicted molar refractivity (Wildman–Crippen MR) is 60.9 cm³/mol. The summed E-state index contributed by atoms with van der Waals surface area (Å²) in [4.78, 5) is 18.1. The Labute approximate surface area is 94.1 Å². The highest BCUT2D eigenvalue weighted by Gasteiger charge is 2.27. The molecule has 2 heterocycles. The van der Waals surface area contributed by atoms with Gasteiger partial charge in [-0.25, -0.2) is 4.98 Å². The van der Waals surface area contributed by atoms with Crippen LogP contribution in [-0.4, -0.2) is 28.8 Å². The number of hydrogen-bond acceptors (Lipinski definition) is 4. The quantitative estimate of drug-likeness (QED) is 0.771. The third-order valence-electron chi connectivity index (χ3n) is 3.06. The number of aromatic nitrogens is 1. The Morgan fingerprint density at radius 2 is 2.47 bits per heavy atom. The van der Waals surface area contributed by atoms with Crippen molar-refractivity contribution in [3.8, 4) is 0 Å². The summed E-state index contributed by atoms with van der Waals surface area (Å²) < 4.78 is 0. The maximum atomic E-state index is 11.4. The molecule has 0 aliphatic carbocycles. The van der Waals surface area contributed by atoms with Crippen molar-refractivity contribution >= 4 is 17.1 Å². The lowest BCUT2D eigenvalue weighted by Crippen LogP contribution is -2.40. The standard InChI is InChI=1S/C11H16N2OS/c1-8-7-13(5-3-10(8)14)9(2)11-12-4-6-15-11/h4,6,8-9H,3,5,7H2,1-2H3. The van der Waals surface area contributed by atoms with Crippen LogP contribution in [0.1, 0.15) is 31.3 Å². The summed E-state index contributed by atoms with van der Waals surface area (Å²) in [6.07, 6.45) is 2.53. The van der Waals surface area contributed by atoms with Gasteiger partial charge in [-0.1, -0.05) is 6.92 Å². The first-order chi connectivity index (χ1) is 7.18. The Morgan fingerprint density at radius 3 is 3.07 bits per heavy atom. The van der Waals surface area contributed by atoms with Crippen LogP contribution in [0, 0.1) is 5.92 Å². The molecule has 0 saturated carbocycles. The van der Waals surface area contributed by atoms with Gasteiger partial charge in [0.25, 0.3) is 0 Å². The number of thiazole rings is 1. The molecule has 2 unspecified atom stereocenters. The molecule has 0 radical (unpaired) electrons. The van der Waals surface area contributed by atoms with Crippen LogP contribution in [0.2, 0.25) is 0 Å². The Balaban J connectivity index is 2.03. The van der Waals surface area contributed by atoms with Crippen LogP contribution in [0.5, 0.6) is 0 Å². The maximum Gasteiger partial charge on any atom is 0.138 e. The van der Waals surface area contributed by atoms with Gasteiger partial charge in [0.15, 0.2) is 0 Å². The molecule has 1 aliphatic rings. The zero-order chi connectivity index (χ0) is 10.8. The predicted octanol–water partition coefficient (Wildman–Crippen LogP) is 2.12. The highest BCUT2D eigenvalue weighted by molar-refractivity contribution is 7.09. The van der Waals surface area contributed by atoms with Gasteiger partial charge in [-0.2, -0.15) is 0 Å². The van der Waals surface area contributed by atoms with E-state index in [-0.39, 0.29) is 5.92 Å². The second kappa shape index (κ2) is 4.41. The van der Waals surface area contributed by atoms with E-state index in [1.54, 1.807) is 11.3 Å². The van der Waals surface area contributed by atoms with Crippen molar-refractivity contribution in [1.82, 2.24) is 9.88 Å². The lowest BCUT2D eigenvalue weighted by molar-refractivity contribution is -0.126. The van der Waals surface area contributed by atoms with Crippen molar-refractivity contribution in [2.24, 2.45) is 5.92 Å². The Kier molecular flexibility index (Phi) is 3.17. The Bertz CT molecular complexity index is 336. The molecule has 1 fully saturated rings. The van der Waals surface area contributed by atoms with Gasteiger partial charge in [0.1, 0.15) is 10.8 Å². The number of carbonyl (C=O) groups is 1. The van der Waals surface area contributed by atoms with E-state index in [1.165, 1.54) is 0 Å². The van der Waals surface area contributed by atoms with E-state index in [2.05, 4.69) is 16.8 Å². The summed E-state index contributed by atoms with van der Waals surface area (Å²) in [6, 6.07) is 0.348. The SMILES string of the molecule is CC1CN(C(C)c2nccs2)CCC1=O. The summed E-state index contributed by atoms with van der Waals surface area (Å²) in [7, 11) is 0. The van der Waals surface area contributed by atoms with Crippen LogP contribution in [0.4, 0.5) is 0 Å². The van der Waals surface area contributed by atoms with Gasteiger partial charge in [0.05, 0.1) is 6.04 Å².